The second-order valence-corrected chi connectivity index (χ2v) is 7.25. The number of carbonyl (C=O) groups excluding carboxylic acids is 2. The summed E-state index contributed by atoms with van der Waals surface area (Å²) in [4.78, 5) is 24.8. The molecule has 0 saturated carbocycles. The van der Waals surface area contributed by atoms with Crippen LogP contribution in [0, 0.1) is 5.82 Å². The summed E-state index contributed by atoms with van der Waals surface area (Å²) < 4.78 is 13.9. The minimum absolute atomic E-state index is 0.0777. The topological polar surface area (TPSA) is 58.2 Å². The summed E-state index contributed by atoms with van der Waals surface area (Å²) in [5.74, 6) is 0.340. The molecule has 2 aromatic carbocycles. The van der Waals surface area contributed by atoms with Gasteiger partial charge in [0, 0.05) is 29.2 Å². The van der Waals surface area contributed by atoms with E-state index in [-0.39, 0.29) is 23.7 Å². The Bertz CT molecular complexity index is 783. The second kappa shape index (κ2) is 8.85. The van der Waals surface area contributed by atoms with Crippen molar-refractivity contribution >= 4 is 23.6 Å². The fourth-order valence-corrected chi connectivity index (χ4v) is 4.09. The molecular weight excluding hydrogens is 351 g/mol. The highest BCUT2D eigenvalue weighted by Gasteiger charge is 2.24. The molecule has 6 heteroatoms. The van der Waals surface area contributed by atoms with Crippen LogP contribution in [-0.4, -0.2) is 24.1 Å². The number of hydrogen-bond donors (Lipinski definition) is 2. The first-order chi connectivity index (χ1) is 12.6. The Hall–Kier alpha value is -2.34. The Morgan fingerprint density at radius 3 is 2.73 bits per heavy atom. The van der Waals surface area contributed by atoms with Gasteiger partial charge in [-0.1, -0.05) is 30.3 Å². The zero-order valence-corrected chi connectivity index (χ0v) is 15.2. The number of amides is 2. The Kier molecular flexibility index (Phi) is 6.28. The molecule has 2 aromatic rings. The van der Waals surface area contributed by atoms with Crippen LogP contribution in [-0.2, 0) is 4.79 Å². The molecule has 3 rings (SSSR count). The van der Waals surface area contributed by atoms with Gasteiger partial charge in [0.1, 0.15) is 5.82 Å². The molecule has 0 spiro atoms. The minimum Gasteiger partial charge on any atom is -0.352 e. The van der Waals surface area contributed by atoms with Crippen LogP contribution >= 0.6 is 11.8 Å². The van der Waals surface area contributed by atoms with Crippen LogP contribution < -0.4 is 10.6 Å². The van der Waals surface area contributed by atoms with E-state index in [9.17, 15) is 14.0 Å². The Labute approximate surface area is 156 Å². The molecule has 1 aliphatic rings. The largest absolute Gasteiger partial charge is 0.352 e. The van der Waals surface area contributed by atoms with Crippen molar-refractivity contribution in [1.29, 1.82) is 0 Å². The van der Waals surface area contributed by atoms with Gasteiger partial charge in [-0.25, -0.2) is 4.39 Å². The molecule has 0 saturated heterocycles. The Morgan fingerprint density at radius 2 is 1.92 bits per heavy atom. The fourth-order valence-electron chi connectivity index (χ4n) is 2.95. The zero-order chi connectivity index (χ0) is 18.4. The molecule has 0 aliphatic carbocycles. The lowest BCUT2D eigenvalue weighted by Gasteiger charge is -2.26. The Morgan fingerprint density at radius 1 is 1.12 bits per heavy atom. The van der Waals surface area contributed by atoms with Gasteiger partial charge in [-0.2, -0.15) is 0 Å². The van der Waals surface area contributed by atoms with E-state index in [0.717, 1.165) is 17.7 Å². The van der Waals surface area contributed by atoms with Gasteiger partial charge in [0.2, 0.25) is 5.91 Å². The minimum atomic E-state index is -0.227. The number of fused-ring (bicyclic) bond motifs is 1. The van der Waals surface area contributed by atoms with Gasteiger partial charge in [0.25, 0.3) is 5.91 Å². The van der Waals surface area contributed by atoms with Crippen molar-refractivity contribution in [2.24, 2.45) is 0 Å². The monoisotopic (exact) mass is 372 g/mol. The molecular formula is C20H21FN2O2S. The maximum atomic E-state index is 13.9. The number of benzene rings is 2. The number of rotatable bonds is 6. The molecule has 0 bridgehead atoms. The SMILES string of the molecule is O=C(CCCNC(=O)c1ccccc1)NC1CCSc2c(F)cccc21. The van der Waals surface area contributed by atoms with Gasteiger partial charge in [-0.3, -0.25) is 9.59 Å². The lowest BCUT2D eigenvalue weighted by atomic mass is 10.0. The first kappa shape index (κ1) is 18.5. The van der Waals surface area contributed by atoms with E-state index in [2.05, 4.69) is 10.6 Å². The standard InChI is InChI=1S/C20H21FN2O2S/c21-16-9-4-8-15-17(11-13-26-19(15)16)23-18(24)10-5-12-22-20(25)14-6-2-1-3-7-14/h1-4,6-9,17H,5,10-13H2,(H,22,25)(H,23,24). The van der Waals surface area contributed by atoms with Crippen molar-refractivity contribution < 1.29 is 14.0 Å². The second-order valence-electron chi connectivity index (χ2n) is 6.14. The number of halogens is 1. The van der Waals surface area contributed by atoms with Crippen molar-refractivity contribution in [3.63, 3.8) is 0 Å². The highest BCUT2D eigenvalue weighted by molar-refractivity contribution is 7.99. The summed E-state index contributed by atoms with van der Waals surface area (Å²) in [5.41, 5.74) is 1.46. The third kappa shape index (κ3) is 4.64. The van der Waals surface area contributed by atoms with Crippen LogP contribution in [0.2, 0.25) is 0 Å². The van der Waals surface area contributed by atoms with Crippen molar-refractivity contribution in [1.82, 2.24) is 10.6 Å². The molecule has 1 atom stereocenters. The quantitative estimate of drug-likeness (QED) is 0.761. The van der Waals surface area contributed by atoms with Crippen LogP contribution in [0.25, 0.3) is 0 Å². The number of thioether (sulfide) groups is 1. The van der Waals surface area contributed by atoms with E-state index < -0.39 is 0 Å². The van der Waals surface area contributed by atoms with E-state index >= 15 is 0 Å². The molecule has 0 aromatic heterocycles. The average Bonchev–Trinajstić information content (AvgIpc) is 2.66. The fraction of sp³-hybridized carbons (Fsp3) is 0.300. The molecule has 2 amide bonds. The molecule has 1 aliphatic heterocycles. The molecule has 2 N–H and O–H groups in total. The van der Waals surface area contributed by atoms with Crippen LogP contribution in [0.5, 0.6) is 0 Å². The van der Waals surface area contributed by atoms with Gasteiger partial charge in [-0.15, -0.1) is 11.8 Å². The summed E-state index contributed by atoms with van der Waals surface area (Å²) in [6.07, 6.45) is 1.67. The lowest BCUT2D eigenvalue weighted by Crippen LogP contribution is -2.31. The first-order valence-corrected chi connectivity index (χ1v) is 9.67. The third-order valence-electron chi connectivity index (χ3n) is 4.26. The molecule has 1 unspecified atom stereocenters. The Balaban J connectivity index is 1.44. The number of hydrogen-bond acceptors (Lipinski definition) is 3. The average molecular weight is 372 g/mol. The van der Waals surface area contributed by atoms with Crippen molar-refractivity contribution in [3.05, 3.63) is 65.5 Å². The molecule has 136 valence electrons. The van der Waals surface area contributed by atoms with E-state index in [1.54, 1.807) is 18.2 Å². The van der Waals surface area contributed by atoms with Crippen LogP contribution in [0.4, 0.5) is 4.39 Å². The van der Waals surface area contributed by atoms with Crippen LogP contribution in [0.3, 0.4) is 0 Å². The van der Waals surface area contributed by atoms with E-state index in [1.165, 1.54) is 17.8 Å². The molecule has 1 heterocycles. The predicted octanol–water partition coefficient (Wildman–Crippen LogP) is 3.69. The number of nitrogens with one attached hydrogen (secondary N) is 2. The summed E-state index contributed by atoms with van der Waals surface area (Å²) in [5, 5.41) is 5.80. The summed E-state index contributed by atoms with van der Waals surface area (Å²) in [7, 11) is 0. The van der Waals surface area contributed by atoms with Gasteiger partial charge in [0.05, 0.1) is 6.04 Å². The van der Waals surface area contributed by atoms with Crippen LogP contribution in [0.1, 0.15) is 41.2 Å². The molecule has 0 fully saturated rings. The maximum absolute atomic E-state index is 13.9. The summed E-state index contributed by atoms with van der Waals surface area (Å²) >= 11 is 1.49. The van der Waals surface area contributed by atoms with Gasteiger partial charge >= 0.3 is 0 Å². The predicted molar refractivity (Wildman–Crippen MR) is 101 cm³/mol. The third-order valence-corrected chi connectivity index (χ3v) is 5.42. The van der Waals surface area contributed by atoms with Gasteiger partial charge in [0.15, 0.2) is 0 Å². The first-order valence-electron chi connectivity index (χ1n) is 8.69. The van der Waals surface area contributed by atoms with E-state index in [0.29, 0.717) is 29.8 Å². The summed E-state index contributed by atoms with van der Waals surface area (Å²) in [6.45, 7) is 0.437. The molecule has 0 radical (unpaired) electrons. The highest BCUT2D eigenvalue weighted by Crippen LogP contribution is 2.37. The highest BCUT2D eigenvalue weighted by atomic mass is 32.2. The zero-order valence-electron chi connectivity index (χ0n) is 14.3. The van der Waals surface area contributed by atoms with E-state index in [4.69, 9.17) is 0 Å². The normalized spacial score (nSPS) is 15.8. The summed E-state index contributed by atoms with van der Waals surface area (Å²) in [6, 6.07) is 13.8. The maximum Gasteiger partial charge on any atom is 0.251 e. The lowest BCUT2D eigenvalue weighted by molar-refractivity contribution is -0.122. The van der Waals surface area contributed by atoms with Crippen molar-refractivity contribution in [2.75, 3.05) is 12.3 Å². The van der Waals surface area contributed by atoms with Crippen molar-refractivity contribution in [2.45, 2.75) is 30.2 Å². The smallest absolute Gasteiger partial charge is 0.251 e. The molecule has 26 heavy (non-hydrogen) atoms. The number of carbonyl (C=O) groups is 2. The van der Waals surface area contributed by atoms with Gasteiger partial charge < -0.3 is 10.6 Å². The molecule has 4 nitrogen and oxygen atoms in total. The van der Waals surface area contributed by atoms with Crippen LogP contribution in [0.15, 0.2) is 53.4 Å². The van der Waals surface area contributed by atoms with Gasteiger partial charge in [-0.05, 0) is 36.6 Å². The van der Waals surface area contributed by atoms with Crippen molar-refractivity contribution in [3.8, 4) is 0 Å². The van der Waals surface area contributed by atoms with E-state index in [1.807, 2.05) is 24.3 Å².